The van der Waals surface area contributed by atoms with Crippen LogP contribution in [0.4, 0.5) is 0 Å². The summed E-state index contributed by atoms with van der Waals surface area (Å²) in [5.74, 6) is 1.55. The van der Waals surface area contributed by atoms with Crippen LogP contribution in [0.1, 0.15) is 74.2 Å². The van der Waals surface area contributed by atoms with Crippen molar-refractivity contribution in [2.45, 2.75) is 70.8 Å². The SMILES string of the molecule is C[C@H]1Oc2ccccc2CCCCC2(CCN(C(=O)c3cccc(OCCN4CCCCC4)c3)CC2)CNC1=O. The van der Waals surface area contributed by atoms with E-state index >= 15 is 0 Å². The second kappa shape index (κ2) is 13.5. The minimum atomic E-state index is -0.548. The molecule has 2 saturated heterocycles. The van der Waals surface area contributed by atoms with E-state index < -0.39 is 6.10 Å². The number of hydrogen-bond donors (Lipinski definition) is 1. The van der Waals surface area contributed by atoms with Crippen molar-refractivity contribution in [2.24, 2.45) is 5.41 Å². The van der Waals surface area contributed by atoms with Gasteiger partial charge in [0.2, 0.25) is 0 Å². The van der Waals surface area contributed by atoms with Gasteiger partial charge >= 0.3 is 0 Å². The van der Waals surface area contributed by atoms with Crippen molar-refractivity contribution in [1.29, 1.82) is 0 Å². The van der Waals surface area contributed by atoms with E-state index in [4.69, 9.17) is 9.47 Å². The molecule has 1 N–H and O–H groups in total. The summed E-state index contributed by atoms with van der Waals surface area (Å²) in [5, 5.41) is 3.18. The van der Waals surface area contributed by atoms with Gasteiger partial charge in [0.15, 0.2) is 6.10 Å². The topological polar surface area (TPSA) is 71.1 Å². The Morgan fingerprint density at radius 3 is 2.60 bits per heavy atom. The van der Waals surface area contributed by atoms with Crippen LogP contribution in [-0.2, 0) is 11.2 Å². The lowest BCUT2D eigenvalue weighted by atomic mass is 9.74. The Morgan fingerprint density at radius 2 is 1.77 bits per heavy atom. The Hall–Kier alpha value is -3.06. The third-order valence-electron chi connectivity index (χ3n) is 9.00. The molecule has 2 aromatic rings. The molecule has 3 aliphatic heterocycles. The van der Waals surface area contributed by atoms with Crippen molar-refractivity contribution in [3.63, 3.8) is 0 Å². The van der Waals surface area contributed by atoms with Crippen LogP contribution in [0.15, 0.2) is 48.5 Å². The zero-order valence-corrected chi connectivity index (χ0v) is 24.0. The molecule has 2 amide bonds. The number of piperidine rings is 2. The normalized spacial score (nSPS) is 22.3. The van der Waals surface area contributed by atoms with Gasteiger partial charge in [-0.05, 0) is 100 Å². The lowest BCUT2D eigenvalue weighted by molar-refractivity contribution is -0.128. The second-order valence-corrected chi connectivity index (χ2v) is 11.9. The van der Waals surface area contributed by atoms with Crippen LogP contribution in [0.25, 0.3) is 0 Å². The molecule has 0 unspecified atom stereocenters. The molecule has 0 aliphatic carbocycles. The highest BCUT2D eigenvalue weighted by Crippen LogP contribution is 2.37. The first-order chi connectivity index (χ1) is 19.5. The lowest BCUT2D eigenvalue weighted by Crippen LogP contribution is -2.49. The molecule has 0 radical (unpaired) electrons. The monoisotopic (exact) mass is 547 g/mol. The highest BCUT2D eigenvalue weighted by molar-refractivity contribution is 5.94. The molecule has 40 heavy (non-hydrogen) atoms. The molecule has 3 aliphatic rings. The van der Waals surface area contributed by atoms with E-state index in [1.54, 1.807) is 0 Å². The van der Waals surface area contributed by atoms with E-state index in [-0.39, 0.29) is 17.2 Å². The summed E-state index contributed by atoms with van der Waals surface area (Å²) in [6.45, 7) is 7.73. The van der Waals surface area contributed by atoms with Crippen LogP contribution in [-0.4, -0.2) is 73.6 Å². The zero-order valence-electron chi connectivity index (χ0n) is 24.0. The van der Waals surface area contributed by atoms with Gasteiger partial charge in [0.05, 0.1) is 0 Å². The van der Waals surface area contributed by atoms with E-state index in [1.807, 2.05) is 54.3 Å². The summed E-state index contributed by atoms with van der Waals surface area (Å²) in [4.78, 5) is 30.8. The standard InChI is InChI=1S/C33H45N3O4/c1-26-31(37)34-25-33(15-6-5-11-27-10-3-4-14-30(27)40-26)16-20-36(21-17-33)32(38)28-12-9-13-29(24-28)39-23-22-35-18-7-2-8-19-35/h3-4,9-10,12-14,24,26H,2,5-8,11,15-23,25H2,1H3,(H,34,37)/t26-/m1/s1. The summed E-state index contributed by atoms with van der Waals surface area (Å²) >= 11 is 0. The van der Waals surface area contributed by atoms with Crippen LogP contribution in [0.3, 0.4) is 0 Å². The number of likely N-dealkylation sites (tertiary alicyclic amines) is 2. The van der Waals surface area contributed by atoms with Crippen LogP contribution < -0.4 is 14.8 Å². The minimum absolute atomic E-state index is 0.00425. The third kappa shape index (κ3) is 7.36. The Labute approximate surface area is 239 Å². The maximum absolute atomic E-state index is 13.4. The van der Waals surface area contributed by atoms with Crippen LogP contribution in [0.5, 0.6) is 11.5 Å². The van der Waals surface area contributed by atoms with E-state index in [2.05, 4.69) is 16.3 Å². The fourth-order valence-electron chi connectivity index (χ4n) is 6.38. The van der Waals surface area contributed by atoms with Crippen LogP contribution in [0.2, 0.25) is 0 Å². The number of aryl methyl sites for hydroxylation is 1. The largest absolute Gasteiger partial charge is 0.492 e. The number of fused-ring (bicyclic) bond motifs is 1. The average molecular weight is 548 g/mol. The first kappa shape index (κ1) is 28.5. The number of para-hydroxylation sites is 1. The Morgan fingerprint density at radius 1 is 0.975 bits per heavy atom. The van der Waals surface area contributed by atoms with Crippen molar-refractivity contribution in [3.05, 3.63) is 59.7 Å². The molecule has 0 saturated carbocycles. The average Bonchev–Trinajstić information content (AvgIpc) is 2.99. The highest BCUT2D eigenvalue weighted by Gasteiger charge is 2.36. The van der Waals surface area contributed by atoms with Crippen molar-refractivity contribution in [1.82, 2.24) is 15.1 Å². The van der Waals surface area contributed by atoms with Gasteiger partial charge in [0.1, 0.15) is 18.1 Å². The highest BCUT2D eigenvalue weighted by atomic mass is 16.5. The number of rotatable bonds is 5. The fraction of sp³-hybridized carbons (Fsp3) is 0.576. The quantitative estimate of drug-likeness (QED) is 0.565. The molecule has 2 aromatic carbocycles. The van der Waals surface area contributed by atoms with Gasteiger partial charge in [-0.3, -0.25) is 14.5 Å². The second-order valence-electron chi connectivity index (χ2n) is 11.9. The molecular formula is C33H45N3O4. The Bertz CT molecular complexity index is 1140. The predicted octanol–water partition coefficient (Wildman–Crippen LogP) is 5.08. The Balaban J connectivity index is 1.16. The van der Waals surface area contributed by atoms with Gasteiger partial charge in [0.25, 0.3) is 11.8 Å². The lowest BCUT2D eigenvalue weighted by Gasteiger charge is -2.42. The number of nitrogens with zero attached hydrogens (tertiary/aromatic N) is 2. The number of ether oxygens (including phenoxy) is 2. The van der Waals surface area contributed by atoms with Gasteiger partial charge in [0, 0.05) is 31.7 Å². The van der Waals surface area contributed by atoms with E-state index in [0.717, 1.165) is 75.2 Å². The van der Waals surface area contributed by atoms with Gasteiger partial charge in [-0.1, -0.05) is 37.1 Å². The number of amides is 2. The maximum atomic E-state index is 13.4. The summed E-state index contributed by atoms with van der Waals surface area (Å²) in [7, 11) is 0. The van der Waals surface area contributed by atoms with E-state index in [1.165, 1.54) is 19.3 Å². The summed E-state index contributed by atoms with van der Waals surface area (Å²) < 4.78 is 12.1. The van der Waals surface area contributed by atoms with E-state index in [9.17, 15) is 9.59 Å². The molecule has 1 atom stereocenters. The molecule has 216 valence electrons. The van der Waals surface area contributed by atoms with Crippen molar-refractivity contribution in [2.75, 3.05) is 45.9 Å². The molecule has 5 rings (SSSR count). The van der Waals surface area contributed by atoms with Crippen molar-refractivity contribution < 1.29 is 19.1 Å². The zero-order chi connectivity index (χ0) is 27.8. The molecule has 1 spiro atoms. The molecule has 3 heterocycles. The van der Waals surface area contributed by atoms with Crippen LogP contribution in [0, 0.1) is 5.41 Å². The third-order valence-corrected chi connectivity index (χ3v) is 9.00. The van der Waals surface area contributed by atoms with Crippen LogP contribution >= 0.6 is 0 Å². The maximum Gasteiger partial charge on any atom is 0.260 e. The number of carbonyl (C=O) groups excluding carboxylic acids is 2. The van der Waals surface area contributed by atoms with Gasteiger partial charge in [-0.25, -0.2) is 0 Å². The van der Waals surface area contributed by atoms with Gasteiger partial charge < -0.3 is 19.7 Å². The van der Waals surface area contributed by atoms with Gasteiger partial charge in [-0.15, -0.1) is 0 Å². The van der Waals surface area contributed by atoms with E-state index in [0.29, 0.717) is 31.8 Å². The Kier molecular flexibility index (Phi) is 9.63. The number of hydrogen-bond acceptors (Lipinski definition) is 5. The molecular weight excluding hydrogens is 502 g/mol. The molecule has 0 bridgehead atoms. The number of carbonyl (C=O) groups is 2. The number of benzene rings is 2. The molecule has 0 aromatic heterocycles. The molecule has 2 fully saturated rings. The van der Waals surface area contributed by atoms with Gasteiger partial charge in [-0.2, -0.15) is 0 Å². The first-order valence-electron chi connectivity index (χ1n) is 15.3. The predicted molar refractivity (Wildman–Crippen MR) is 157 cm³/mol. The first-order valence-corrected chi connectivity index (χ1v) is 15.3. The van der Waals surface area contributed by atoms with Crippen molar-refractivity contribution in [3.8, 4) is 11.5 Å². The fourth-order valence-corrected chi connectivity index (χ4v) is 6.38. The molecule has 7 nitrogen and oxygen atoms in total. The summed E-state index contributed by atoms with van der Waals surface area (Å²) in [5.41, 5.74) is 1.85. The smallest absolute Gasteiger partial charge is 0.260 e. The number of nitrogens with one attached hydrogen (secondary N) is 1. The summed E-state index contributed by atoms with van der Waals surface area (Å²) in [6, 6.07) is 15.7. The summed E-state index contributed by atoms with van der Waals surface area (Å²) in [6.07, 6.45) is 9.26. The van der Waals surface area contributed by atoms with Crippen molar-refractivity contribution >= 4 is 11.8 Å². The minimum Gasteiger partial charge on any atom is -0.492 e. The molecule has 7 heteroatoms.